The van der Waals surface area contributed by atoms with E-state index in [1.54, 1.807) is 6.20 Å². The lowest BCUT2D eigenvalue weighted by molar-refractivity contribution is 0.0542. The van der Waals surface area contributed by atoms with Gasteiger partial charge in [-0.05, 0) is 25.0 Å². The van der Waals surface area contributed by atoms with Gasteiger partial charge >= 0.3 is 0 Å². The third kappa shape index (κ3) is 1.80. The van der Waals surface area contributed by atoms with Crippen molar-refractivity contribution in [3.63, 3.8) is 0 Å². The largest absolute Gasteiger partial charge is 0.381 e. The number of H-pyrrole nitrogens is 1. The summed E-state index contributed by atoms with van der Waals surface area (Å²) in [5, 5.41) is 0. The van der Waals surface area contributed by atoms with Gasteiger partial charge in [-0.25, -0.2) is 0 Å². The molecule has 1 aromatic heterocycles. The second kappa shape index (κ2) is 3.75. The second-order valence-electron chi connectivity index (χ2n) is 3.33. The van der Waals surface area contributed by atoms with E-state index in [2.05, 4.69) is 4.98 Å². The predicted molar refractivity (Wildman–Crippen MR) is 48.7 cm³/mol. The van der Waals surface area contributed by atoms with Gasteiger partial charge in [-0.3, -0.25) is 4.79 Å². The maximum atomic E-state index is 11.8. The lowest BCUT2D eigenvalue weighted by Crippen LogP contribution is -2.23. The normalized spacial score (nSPS) is 18.8. The molecule has 1 N–H and O–H groups in total. The predicted octanol–water partition coefficient (Wildman–Crippen LogP) is 1.62. The molecule has 1 aliphatic heterocycles. The minimum atomic E-state index is 0.160. The topological polar surface area (TPSA) is 42.1 Å². The van der Waals surface area contributed by atoms with Crippen molar-refractivity contribution in [2.75, 3.05) is 13.2 Å². The van der Waals surface area contributed by atoms with Gasteiger partial charge in [-0.15, -0.1) is 0 Å². The Balaban J connectivity index is 2.04. The van der Waals surface area contributed by atoms with E-state index < -0.39 is 0 Å². The molecule has 2 heterocycles. The van der Waals surface area contributed by atoms with Gasteiger partial charge in [0, 0.05) is 25.3 Å². The lowest BCUT2D eigenvalue weighted by atomic mass is 9.94. The summed E-state index contributed by atoms with van der Waals surface area (Å²) < 4.78 is 5.20. The number of hydrogen-bond acceptors (Lipinski definition) is 2. The fourth-order valence-corrected chi connectivity index (χ4v) is 1.66. The van der Waals surface area contributed by atoms with Crippen LogP contribution in [0.3, 0.4) is 0 Å². The van der Waals surface area contributed by atoms with Crippen LogP contribution in [0.2, 0.25) is 0 Å². The fraction of sp³-hybridized carbons (Fsp3) is 0.500. The van der Waals surface area contributed by atoms with Crippen LogP contribution >= 0.6 is 0 Å². The highest BCUT2D eigenvalue weighted by atomic mass is 16.5. The molecule has 0 saturated carbocycles. The van der Waals surface area contributed by atoms with Crippen LogP contribution in [0.15, 0.2) is 18.3 Å². The van der Waals surface area contributed by atoms with E-state index in [-0.39, 0.29) is 11.7 Å². The molecule has 0 unspecified atom stereocenters. The van der Waals surface area contributed by atoms with Gasteiger partial charge in [0.1, 0.15) is 0 Å². The van der Waals surface area contributed by atoms with Crippen molar-refractivity contribution in [2.45, 2.75) is 12.8 Å². The number of nitrogens with one attached hydrogen (secondary N) is 1. The first kappa shape index (κ1) is 8.51. The molecule has 1 aliphatic rings. The van der Waals surface area contributed by atoms with Crippen molar-refractivity contribution < 1.29 is 9.53 Å². The third-order valence-electron chi connectivity index (χ3n) is 2.46. The first-order valence-electron chi connectivity index (χ1n) is 4.63. The zero-order valence-electron chi connectivity index (χ0n) is 7.45. The number of aromatic nitrogens is 1. The lowest BCUT2D eigenvalue weighted by Gasteiger charge is -2.19. The highest BCUT2D eigenvalue weighted by Crippen LogP contribution is 2.18. The maximum Gasteiger partial charge on any atom is 0.182 e. The Bertz CT molecular complexity index is 273. The molecular formula is C10H13NO2. The fourth-order valence-electron chi connectivity index (χ4n) is 1.66. The summed E-state index contributed by atoms with van der Waals surface area (Å²) in [7, 11) is 0. The number of carbonyl (C=O) groups excluding carboxylic acids is 1. The van der Waals surface area contributed by atoms with E-state index in [1.165, 1.54) is 0 Å². The van der Waals surface area contributed by atoms with E-state index in [0.717, 1.165) is 31.7 Å². The molecule has 3 nitrogen and oxygen atoms in total. The number of aromatic amines is 1. The Morgan fingerprint density at radius 2 is 2.23 bits per heavy atom. The minimum absolute atomic E-state index is 0.160. The smallest absolute Gasteiger partial charge is 0.182 e. The Hall–Kier alpha value is -1.09. The molecule has 1 aromatic rings. The average molecular weight is 179 g/mol. The minimum Gasteiger partial charge on any atom is -0.381 e. The Labute approximate surface area is 77.1 Å². The monoisotopic (exact) mass is 179 g/mol. The molecule has 2 rings (SSSR count). The first-order chi connectivity index (χ1) is 6.38. The summed E-state index contributed by atoms with van der Waals surface area (Å²) >= 11 is 0. The van der Waals surface area contributed by atoms with E-state index in [4.69, 9.17) is 4.74 Å². The molecule has 3 heteroatoms. The number of Topliss-reactive ketones (excluding diaryl/α,β-unsaturated/α-hetero) is 1. The summed E-state index contributed by atoms with van der Waals surface area (Å²) in [5.74, 6) is 0.390. The molecule has 1 saturated heterocycles. The van der Waals surface area contributed by atoms with Crippen LogP contribution in [0, 0.1) is 5.92 Å². The molecule has 0 aromatic carbocycles. The third-order valence-corrected chi connectivity index (χ3v) is 2.46. The molecule has 0 radical (unpaired) electrons. The van der Waals surface area contributed by atoms with Gasteiger partial charge < -0.3 is 9.72 Å². The summed E-state index contributed by atoms with van der Waals surface area (Å²) in [6, 6.07) is 3.68. The van der Waals surface area contributed by atoms with Gasteiger partial charge in [0.15, 0.2) is 5.78 Å². The van der Waals surface area contributed by atoms with Crippen LogP contribution in [0.1, 0.15) is 23.3 Å². The van der Waals surface area contributed by atoms with E-state index >= 15 is 0 Å². The van der Waals surface area contributed by atoms with Crippen molar-refractivity contribution in [1.82, 2.24) is 4.98 Å². The molecule has 0 aliphatic carbocycles. The summed E-state index contributed by atoms with van der Waals surface area (Å²) in [6.45, 7) is 1.44. The van der Waals surface area contributed by atoms with Crippen molar-refractivity contribution in [3.8, 4) is 0 Å². The quantitative estimate of drug-likeness (QED) is 0.701. The maximum absolute atomic E-state index is 11.8. The molecule has 1 fully saturated rings. The van der Waals surface area contributed by atoms with Crippen molar-refractivity contribution in [3.05, 3.63) is 24.0 Å². The van der Waals surface area contributed by atoms with E-state index in [9.17, 15) is 4.79 Å². The molecular weight excluding hydrogens is 166 g/mol. The summed E-state index contributed by atoms with van der Waals surface area (Å²) in [5.41, 5.74) is 0.729. The zero-order valence-corrected chi connectivity index (χ0v) is 7.45. The zero-order chi connectivity index (χ0) is 9.10. The Kier molecular flexibility index (Phi) is 2.45. The van der Waals surface area contributed by atoms with E-state index in [0.29, 0.717) is 0 Å². The van der Waals surface area contributed by atoms with E-state index in [1.807, 2.05) is 12.1 Å². The Morgan fingerprint density at radius 3 is 2.85 bits per heavy atom. The number of ketones is 1. The highest BCUT2D eigenvalue weighted by molar-refractivity contribution is 5.96. The molecule has 0 bridgehead atoms. The Morgan fingerprint density at radius 1 is 1.46 bits per heavy atom. The van der Waals surface area contributed by atoms with Crippen LogP contribution in [0.4, 0.5) is 0 Å². The van der Waals surface area contributed by atoms with Crippen LogP contribution in [0.5, 0.6) is 0 Å². The van der Waals surface area contributed by atoms with Crippen LogP contribution in [-0.4, -0.2) is 24.0 Å². The standard InChI is InChI=1S/C10H13NO2/c12-10(9-2-1-5-11-9)8-3-6-13-7-4-8/h1-2,5,8,11H,3-4,6-7H2. The number of hydrogen-bond donors (Lipinski definition) is 1. The summed E-state index contributed by atoms with van der Waals surface area (Å²) in [4.78, 5) is 14.7. The van der Waals surface area contributed by atoms with Crippen LogP contribution in [0.25, 0.3) is 0 Å². The SMILES string of the molecule is O=C(c1ccc[nH]1)C1CCOCC1. The number of carbonyl (C=O) groups is 1. The van der Waals surface area contributed by atoms with Gasteiger partial charge in [-0.2, -0.15) is 0 Å². The van der Waals surface area contributed by atoms with Crippen molar-refractivity contribution >= 4 is 5.78 Å². The van der Waals surface area contributed by atoms with Crippen molar-refractivity contribution in [1.29, 1.82) is 0 Å². The van der Waals surface area contributed by atoms with Gasteiger partial charge in [0.25, 0.3) is 0 Å². The molecule has 70 valence electrons. The molecule has 0 atom stereocenters. The second-order valence-corrected chi connectivity index (χ2v) is 3.33. The molecule has 0 spiro atoms. The van der Waals surface area contributed by atoms with Gasteiger partial charge in [-0.1, -0.05) is 0 Å². The van der Waals surface area contributed by atoms with Crippen LogP contribution in [-0.2, 0) is 4.74 Å². The van der Waals surface area contributed by atoms with Gasteiger partial charge in [0.2, 0.25) is 0 Å². The van der Waals surface area contributed by atoms with Crippen molar-refractivity contribution in [2.24, 2.45) is 5.92 Å². The molecule has 13 heavy (non-hydrogen) atoms. The molecule has 0 amide bonds. The summed E-state index contributed by atoms with van der Waals surface area (Å²) in [6.07, 6.45) is 3.50. The number of rotatable bonds is 2. The number of ether oxygens (including phenoxy) is 1. The van der Waals surface area contributed by atoms with Crippen LogP contribution < -0.4 is 0 Å². The highest BCUT2D eigenvalue weighted by Gasteiger charge is 2.22. The van der Waals surface area contributed by atoms with Gasteiger partial charge in [0.05, 0.1) is 5.69 Å². The average Bonchev–Trinajstić information content (AvgIpc) is 2.71. The first-order valence-corrected chi connectivity index (χ1v) is 4.63.